The molecule has 0 saturated heterocycles. The molecule has 0 aliphatic heterocycles. The zero-order valence-electron chi connectivity index (χ0n) is 17.6. The molecule has 0 heterocycles. The van der Waals surface area contributed by atoms with Crippen molar-refractivity contribution in [3.63, 3.8) is 0 Å². The highest BCUT2D eigenvalue weighted by Crippen LogP contribution is 2.27. The van der Waals surface area contributed by atoms with Crippen LogP contribution < -0.4 is 4.74 Å². The minimum absolute atomic E-state index is 0.0473. The molecule has 0 aliphatic carbocycles. The molecular formula is C24H34O4. The van der Waals surface area contributed by atoms with Gasteiger partial charge in [0.15, 0.2) is 11.5 Å². The number of rotatable bonds is 10. The number of phenols is 2. The molecule has 0 aliphatic rings. The zero-order valence-corrected chi connectivity index (χ0v) is 17.6. The lowest BCUT2D eigenvalue weighted by atomic mass is 10.0. The second-order valence-electron chi connectivity index (χ2n) is 6.90. The summed E-state index contributed by atoms with van der Waals surface area (Å²) in [6, 6.07) is 12.6. The molecule has 2 aromatic carbocycles. The minimum Gasteiger partial charge on any atom is -0.508 e. The standard InChI is InChI=1S/C22H28O4.C2H6/c1-16(2)20(24)11-9-18-10-12-22(21(25)15-18)26-13-4-3-6-17-7-5-8-19(23)14-17;1-2/h5,7-8,10,12,14-16,23,25H,3-4,6,9,11,13H2,1-2H3;1-2H3. The van der Waals surface area contributed by atoms with Crippen molar-refractivity contribution in [2.75, 3.05) is 6.61 Å². The van der Waals surface area contributed by atoms with Gasteiger partial charge in [0, 0.05) is 12.3 Å². The summed E-state index contributed by atoms with van der Waals surface area (Å²) in [6.45, 7) is 8.33. The van der Waals surface area contributed by atoms with Crippen molar-refractivity contribution in [2.45, 2.75) is 59.8 Å². The number of hydrogen-bond acceptors (Lipinski definition) is 4. The lowest BCUT2D eigenvalue weighted by Crippen LogP contribution is -2.07. The van der Waals surface area contributed by atoms with Gasteiger partial charge in [-0.3, -0.25) is 4.79 Å². The SMILES string of the molecule is CC.CC(C)C(=O)CCc1ccc(OCCCCc2cccc(O)c2)c(O)c1. The number of unbranched alkanes of at least 4 members (excludes halogenated alkanes) is 1. The van der Waals surface area contributed by atoms with Gasteiger partial charge in [-0.2, -0.15) is 0 Å². The van der Waals surface area contributed by atoms with Crippen LogP contribution in [0, 0.1) is 5.92 Å². The Bertz CT molecular complexity index is 722. The number of aromatic hydroxyl groups is 2. The van der Waals surface area contributed by atoms with Gasteiger partial charge >= 0.3 is 0 Å². The Morgan fingerprint density at radius 3 is 2.32 bits per heavy atom. The number of benzene rings is 2. The second kappa shape index (κ2) is 12.8. The first-order valence-corrected chi connectivity index (χ1v) is 10.2. The molecule has 0 bridgehead atoms. The fourth-order valence-corrected chi connectivity index (χ4v) is 2.72. The average Bonchev–Trinajstić information content (AvgIpc) is 2.68. The van der Waals surface area contributed by atoms with Crippen LogP contribution in [0.3, 0.4) is 0 Å². The summed E-state index contributed by atoms with van der Waals surface area (Å²) in [4.78, 5) is 11.7. The van der Waals surface area contributed by atoms with Crippen molar-refractivity contribution < 1.29 is 19.7 Å². The van der Waals surface area contributed by atoms with Crippen LogP contribution in [0.1, 0.15) is 58.1 Å². The quantitative estimate of drug-likeness (QED) is 0.515. The molecule has 4 nitrogen and oxygen atoms in total. The molecule has 154 valence electrons. The summed E-state index contributed by atoms with van der Waals surface area (Å²) in [6.07, 6.45) is 3.81. The lowest BCUT2D eigenvalue weighted by Gasteiger charge is -2.10. The van der Waals surface area contributed by atoms with Crippen LogP contribution in [0.2, 0.25) is 0 Å². The molecule has 0 saturated carbocycles. The maximum Gasteiger partial charge on any atom is 0.160 e. The number of carbonyl (C=O) groups is 1. The predicted octanol–water partition coefficient (Wildman–Crippen LogP) is 5.68. The largest absolute Gasteiger partial charge is 0.508 e. The van der Waals surface area contributed by atoms with E-state index in [9.17, 15) is 15.0 Å². The molecule has 0 amide bonds. The van der Waals surface area contributed by atoms with Crippen molar-refractivity contribution in [2.24, 2.45) is 5.92 Å². The van der Waals surface area contributed by atoms with Crippen LogP contribution in [0.4, 0.5) is 0 Å². The molecule has 0 radical (unpaired) electrons. The van der Waals surface area contributed by atoms with E-state index in [2.05, 4.69) is 0 Å². The topological polar surface area (TPSA) is 66.8 Å². The Kier molecular flexibility index (Phi) is 10.8. The van der Waals surface area contributed by atoms with Gasteiger partial charge in [0.1, 0.15) is 11.5 Å². The summed E-state index contributed by atoms with van der Waals surface area (Å²) in [5.41, 5.74) is 2.04. The Morgan fingerprint density at radius 2 is 1.68 bits per heavy atom. The number of aryl methyl sites for hydroxylation is 2. The molecule has 0 unspecified atom stereocenters. The molecule has 0 fully saturated rings. The number of ketones is 1. The summed E-state index contributed by atoms with van der Waals surface area (Å²) in [5.74, 6) is 1.16. The van der Waals surface area contributed by atoms with Crippen molar-refractivity contribution in [1.29, 1.82) is 0 Å². The number of carbonyl (C=O) groups excluding carboxylic acids is 1. The van der Waals surface area contributed by atoms with E-state index in [4.69, 9.17) is 4.74 Å². The Hall–Kier alpha value is -2.49. The van der Waals surface area contributed by atoms with Crippen LogP contribution in [-0.4, -0.2) is 22.6 Å². The lowest BCUT2D eigenvalue weighted by molar-refractivity contribution is -0.121. The van der Waals surface area contributed by atoms with Crippen LogP contribution in [0.25, 0.3) is 0 Å². The molecule has 28 heavy (non-hydrogen) atoms. The van der Waals surface area contributed by atoms with E-state index < -0.39 is 0 Å². The van der Waals surface area contributed by atoms with E-state index in [1.54, 1.807) is 24.3 Å². The average molecular weight is 387 g/mol. The fraction of sp³-hybridized carbons (Fsp3) is 0.458. The third-order valence-corrected chi connectivity index (χ3v) is 4.36. The summed E-state index contributed by atoms with van der Waals surface area (Å²) in [5, 5.41) is 19.5. The van der Waals surface area contributed by atoms with Crippen LogP contribution in [0.15, 0.2) is 42.5 Å². The Balaban J connectivity index is 0.00000190. The summed E-state index contributed by atoms with van der Waals surface area (Å²) in [7, 11) is 0. The summed E-state index contributed by atoms with van der Waals surface area (Å²) >= 11 is 0. The molecule has 0 spiro atoms. The van der Waals surface area contributed by atoms with E-state index >= 15 is 0 Å². The maximum atomic E-state index is 11.7. The number of hydrogen-bond donors (Lipinski definition) is 2. The van der Waals surface area contributed by atoms with Gasteiger partial charge in [-0.25, -0.2) is 0 Å². The van der Waals surface area contributed by atoms with Crippen molar-refractivity contribution in [3.05, 3.63) is 53.6 Å². The van der Waals surface area contributed by atoms with Gasteiger partial charge in [0.05, 0.1) is 6.61 Å². The molecule has 2 N–H and O–H groups in total. The molecule has 4 heteroatoms. The smallest absolute Gasteiger partial charge is 0.160 e. The fourth-order valence-electron chi connectivity index (χ4n) is 2.72. The number of Topliss-reactive ketones (excluding diaryl/α,β-unsaturated/α-hetero) is 1. The van der Waals surface area contributed by atoms with E-state index in [1.165, 1.54) is 0 Å². The second-order valence-corrected chi connectivity index (χ2v) is 6.90. The van der Waals surface area contributed by atoms with E-state index in [0.717, 1.165) is 30.4 Å². The van der Waals surface area contributed by atoms with E-state index in [-0.39, 0.29) is 17.5 Å². The van der Waals surface area contributed by atoms with Crippen LogP contribution in [-0.2, 0) is 17.6 Å². The molecule has 2 aromatic rings. The first kappa shape index (κ1) is 23.5. The third-order valence-electron chi connectivity index (χ3n) is 4.36. The third kappa shape index (κ3) is 8.47. The van der Waals surface area contributed by atoms with Crippen molar-refractivity contribution >= 4 is 5.78 Å². The predicted molar refractivity (Wildman–Crippen MR) is 114 cm³/mol. The first-order chi connectivity index (χ1) is 13.5. The summed E-state index contributed by atoms with van der Waals surface area (Å²) < 4.78 is 5.65. The van der Waals surface area contributed by atoms with Crippen LogP contribution >= 0.6 is 0 Å². The minimum atomic E-state index is 0.0473. The highest BCUT2D eigenvalue weighted by atomic mass is 16.5. The molecule has 2 rings (SSSR count). The number of ether oxygens (including phenoxy) is 1. The van der Waals surface area contributed by atoms with E-state index in [1.807, 2.05) is 45.9 Å². The molecular weight excluding hydrogens is 352 g/mol. The van der Waals surface area contributed by atoms with Crippen molar-refractivity contribution in [1.82, 2.24) is 0 Å². The first-order valence-electron chi connectivity index (χ1n) is 10.2. The Morgan fingerprint density at radius 1 is 0.964 bits per heavy atom. The van der Waals surface area contributed by atoms with E-state index in [0.29, 0.717) is 30.9 Å². The highest BCUT2D eigenvalue weighted by molar-refractivity contribution is 5.80. The van der Waals surface area contributed by atoms with Crippen molar-refractivity contribution in [3.8, 4) is 17.2 Å². The van der Waals surface area contributed by atoms with Gasteiger partial charge in [-0.05, 0) is 61.1 Å². The van der Waals surface area contributed by atoms with Gasteiger partial charge in [0.2, 0.25) is 0 Å². The number of phenolic OH excluding ortho intramolecular Hbond substituents is 2. The maximum absolute atomic E-state index is 11.7. The van der Waals surface area contributed by atoms with Crippen LogP contribution in [0.5, 0.6) is 17.2 Å². The van der Waals surface area contributed by atoms with Gasteiger partial charge < -0.3 is 14.9 Å². The van der Waals surface area contributed by atoms with Gasteiger partial charge in [-0.1, -0.05) is 45.9 Å². The molecule has 0 atom stereocenters. The molecule has 0 aromatic heterocycles. The normalized spacial score (nSPS) is 10.3. The highest BCUT2D eigenvalue weighted by Gasteiger charge is 2.09. The monoisotopic (exact) mass is 386 g/mol. The van der Waals surface area contributed by atoms with Gasteiger partial charge in [0.25, 0.3) is 0 Å². The zero-order chi connectivity index (χ0) is 20.9. The Labute approximate surface area is 169 Å². The van der Waals surface area contributed by atoms with Gasteiger partial charge in [-0.15, -0.1) is 0 Å².